The molecule has 0 bridgehead atoms. The van der Waals surface area contributed by atoms with Crippen molar-refractivity contribution < 1.29 is 15.0 Å². The minimum absolute atomic E-state index is 0.137. The first kappa shape index (κ1) is 11.5. The molecule has 0 aromatic heterocycles. The van der Waals surface area contributed by atoms with Gasteiger partial charge < -0.3 is 21.3 Å². The number of benzene rings is 1. The first-order chi connectivity index (χ1) is 7.06. The van der Waals surface area contributed by atoms with Gasteiger partial charge in [-0.2, -0.15) is 0 Å². The zero-order valence-corrected chi connectivity index (χ0v) is 8.34. The van der Waals surface area contributed by atoms with Gasteiger partial charge in [-0.3, -0.25) is 4.79 Å². The van der Waals surface area contributed by atoms with Crippen LogP contribution in [-0.4, -0.2) is 29.3 Å². The van der Waals surface area contributed by atoms with Gasteiger partial charge in [-0.05, 0) is 24.7 Å². The molecule has 0 radical (unpaired) electrons. The standard InChI is InChI=1S/C10H14N2O3/c1-12-9(8(11)10(14)15)6-2-4-7(13)5-3-6/h2-5,8-9,12-13H,11H2,1H3,(H,14,15). The van der Waals surface area contributed by atoms with E-state index in [1.54, 1.807) is 19.2 Å². The Hall–Kier alpha value is -1.59. The van der Waals surface area contributed by atoms with Crippen molar-refractivity contribution in [2.75, 3.05) is 7.05 Å². The van der Waals surface area contributed by atoms with Gasteiger partial charge in [0, 0.05) is 0 Å². The quantitative estimate of drug-likeness (QED) is 0.564. The van der Waals surface area contributed by atoms with E-state index in [4.69, 9.17) is 15.9 Å². The molecular weight excluding hydrogens is 196 g/mol. The average Bonchev–Trinajstić information content (AvgIpc) is 2.21. The van der Waals surface area contributed by atoms with Crippen LogP contribution in [0.25, 0.3) is 0 Å². The maximum atomic E-state index is 10.7. The molecule has 0 fully saturated rings. The maximum Gasteiger partial charge on any atom is 0.322 e. The average molecular weight is 210 g/mol. The smallest absolute Gasteiger partial charge is 0.322 e. The highest BCUT2D eigenvalue weighted by molar-refractivity contribution is 5.74. The molecule has 0 spiro atoms. The highest BCUT2D eigenvalue weighted by Gasteiger charge is 2.23. The van der Waals surface area contributed by atoms with Gasteiger partial charge in [-0.1, -0.05) is 12.1 Å². The van der Waals surface area contributed by atoms with Gasteiger partial charge in [0.2, 0.25) is 0 Å². The predicted octanol–water partition coefficient (Wildman–Crippen LogP) is 0.0646. The fraction of sp³-hybridized carbons (Fsp3) is 0.300. The molecule has 0 aliphatic carbocycles. The van der Waals surface area contributed by atoms with Crippen molar-refractivity contribution in [3.05, 3.63) is 29.8 Å². The molecule has 5 N–H and O–H groups in total. The van der Waals surface area contributed by atoms with Crippen molar-refractivity contribution in [2.24, 2.45) is 5.73 Å². The lowest BCUT2D eigenvalue weighted by Gasteiger charge is -2.20. The zero-order chi connectivity index (χ0) is 11.4. The number of nitrogens with one attached hydrogen (secondary N) is 1. The highest BCUT2D eigenvalue weighted by atomic mass is 16.4. The molecule has 5 nitrogen and oxygen atoms in total. The summed E-state index contributed by atoms with van der Waals surface area (Å²) in [5, 5.41) is 20.7. The third kappa shape index (κ3) is 2.68. The fourth-order valence-corrected chi connectivity index (χ4v) is 1.38. The van der Waals surface area contributed by atoms with Crippen molar-refractivity contribution in [2.45, 2.75) is 12.1 Å². The van der Waals surface area contributed by atoms with Gasteiger partial charge in [0.1, 0.15) is 11.8 Å². The molecule has 0 amide bonds. The van der Waals surface area contributed by atoms with E-state index in [1.807, 2.05) is 0 Å². The molecule has 1 aromatic carbocycles. The monoisotopic (exact) mass is 210 g/mol. The third-order valence-corrected chi connectivity index (χ3v) is 2.21. The number of carbonyl (C=O) groups is 1. The molecule has 0 aliphatic rings. The predicted molar refractivity (Wildman–Crippen MR) is 55.5 cm³/mol. The molecule has 1 aromatic rings. The van der Waals surface area contributed by atoms with E-state index >= 15 is 0 Å². The molecular formula is C10H14N2O3. The molecule has 15 heavy (non-hydrogen) atoms. The second kappa shape index (κ2) is 4.77. The number of carboxylic acids is 1. The van der Waals surface area contributed by atoms with Crippen LogP contribution in [0.5, 0.6) is 5.75 Å². The van der Waals surface area contributed by atoms with Gasteiger partial charge >= 0.3 is 5.97 Å². The van der Waals surface area contributed by atoms with E-state index in [-0.39, 0.29) is 5.75 Å². The molecule has 1 rings (SSSR count). The summed E-state index contributed by atoms with van der Waals surface area (Å²) >= 11 is 0. The van der Waals surface area contributed by atoms with Crippen LogP contribution in [0, 0.1) is 0 Å². The Bertz CT molecular complexity index is 337. The Morgan fingerprint density at radius 2 is 1.93 bits per heavy atom. The van der Waals surface area contributed by atoms with E-state index in [2.05, 4.69) is 5.32 Å². The topological polar surface area (TPSA) is 95.6 Å². The number of likely N-dealkylation sites (N-methyl/N-ethyl adjacent to an activating group) is 1. The molecule has 0 saturated heterocycles. The lowest BCUT2D eigenvalue weighted by molar-refractivity contribution is -0.139. The van der Waals surface area contributed by atoms with Gasteiger partial charge in [0.15, 0.2) is 0 Å². The summed E-state index contributed by atoms with van der Waals surface area (Å²) in [7, 11) is 1.64. The SMILES string of the molecule is CNC(c1ccc(O)cc1)C(N)C(=O)O. The van der Waals surface area contributed by atoms with Crippen molar-refractivity contribution in [1.82, 2.24) is 5.32 Å². The van der Waals surface area contributed by atoms with Crippen LogP contribution in [0.1, 0.15) is 11.6 Å². The van der Waals surface area contributed by atoms with Crippen molar-refractivity contribution in [3.63, 3.8) is 0 Å². The lowest BCUT2D eigenvalue weighted by Crippen LogP contribution is -2.42. The summed E-state index contributed by atoms with van der Waals surface area (Å²) < 4.78 is 0. The van der Waals surface area contributed by atoms with Crippen molar-refractivity contribution in [1.29, 1.82) is 0 Å². The Morgan fingerprint density at radius 1 is 1.40 bits per heavy atom. The van der Waals surface area contributed by atoms with E-state index < -0.39 is 18.1 Å². The summed E-state index contributed by atoms with van der Waals surface area (Å²) in [6.07, 6.45) is 0. The van der Waals surface area contributed by atoms with Crippen LogP contribution >= 0.6 is 0 Å². The lowest BCUT2D eigenvalue weighted by atomic mass is 10.00. The van der Waals surface area contributed by atoms with Crippen LogP contribution in [0.15, 0.2) is 24.3 Å². The first-order valence-electron chi connectivity index (χ1n) is 4.51. The van der Waals surface area contributed by atoms with E-state index in [1.165, 1.54) is 12.1 Å². The van der Waals surface area contributed by atoms with E-state index in [9.17, 15) is 4.79 Å². The minimum atomic E-state index is -1.07. The summed E-state index contributed by atoms with van der Waals surface area (Å²) in [5.74, 6) is -0.931. The number of phenols is 1. The Balaban J connectivity index is 2.92. The van der Waals surface area contributed by atoms with E-state index in [0.29, 0.717) is 0 Å². The number of hydrogen-bond donors (Lipinski definition) is 4. The van der Waals surface area contributed by atoms with Gasteiger partial charge in [0.25, 0.3) is 0 Å². The number of aliphatic carboxylic acids is 1. The van der Waals surface area contributed by atoms with Crippen LogP contribution in [0.2, 0.25) is 0 Å². The van der Waals surface area contributed by atoms with Crippen LogP contribution in [0.4, 0.5) is 0 Å². The van der Waals surface area contributed by atoms with Crippen LogP contribution in [-0.2, 0) is 4.79 Å². The number of rotatable bonds is 4. The van der Waals surface area contributed by atoms with Gasteiger partial charge in [-0.15, -0.1) is 0 Å². The first-order valence-corrected chi connectivity index (χ1v) is 4.51. The highest BCUT2D eigenvalue weighted by Crippen LogP contribution is 2.18. The van der Waals surface area contributed by atoms with Crippen LogP contribution < -0.4 is 11.1 Å². The normalized spacial score (nSPS) is 14.5. The molecule has 82 valence electrons. The number of nitrogens with two attached hydrogens (primary N) is 1. The summed E-state index contributed by atoms with van der Waals surface area (Å²) in [5.41, 5.74) is 6.24. The van der Waals surface area contributed by atoms with E-state index in [0.717, 1.165) is 5.56 Å². The maximum absolute atomic E-state index is 10.7. The molecule has 2 atom stereocenters. The summed E-state index contributed by atoms with van der Waals surface area (Å²) in [4.78, 5) is 10.7. The molecule has 0 aliphatic heterocycles. The third-order valence-electron chi connectivity index (χ3n) is 2.21. The number of carboxylic acid groups (broad SMARTS) is 1. The molecule has 0 saturated carbocycles. The zero-order valence-electron chi connectivity index (χ0n) is 8.34. The Kier molecular flexibility index (Phi) is 3.65. The fourth-order valence-electron chi connectivity index (χ4n) is 1.38. The van der Waals surface area contributed by atoms with Gasteiger partial charge in [0.05, 0.1) is 6.04 Å². The Morgan fingerprint density at radius 3 is 2.33 bits per heavy atom. The van der Waals surface area contributed by atoms with Crippen molar-refractivity contribution in [3.8, 4) is 5.75 Å². The summed E-state index contributed by atoms with van der Waals surface area (Å²) in [6, 6.07) is 4.78. The Labute approximate surface area is 87.5 Å². The number of phenolic OH excluding ortho intramolecular Hbond substituents is 1. The number of aromatic hydroxyl groups is 1. The summed E-state index contributed by atoms with van der Waals surface area (Å²) in [6.45, 7) is 0. The molecule has 2 unspecified atom stereocenters. The van der Waals surface area contributed by atoms with Crippen molar-refractivity contribution >= 4 is 5.97 Å². The molecule has 5 heteroatoms. The molecule has 0 heterocycles. The van der Waals surface area contributed by atoms with Gasteiger partial charge in [-0.25, -0.2) is 0 Å². The second-order valence-corrected chi connectivity index (χ2v) is 3.22. The second-order valence-electron chi connectivity index (χ2n) is 3.22. The number of hydrogen-bond acceptors (Lipinski definition) is 4. The minimum Gasteiger partial charge on any atom is -0.508 e. The van der Waals surface area contributed by atoms with Crippen LogP contribution in [0.3, 0.4) is 0 Å². The largest absolute Gasteiger partial charge is 0.508 e.